The first-order chi connectivity index (χ1) is 9.28. The van der Waals surface area contributed by atoms with Crippen LogP contribution in [0.2, 0.25) is 0 Å². The van der Waals surface area contributed by atoms with Crippen LogP contribution in [0, 0.1) is 0 Å². The highest BCUT2D eigenvalue weighted by Crippen LogP contribution is 2.28. The highest BCUT2D eigenvalue weighted by atomic mass is 16.3. The fourth-order valence-corrected chi connectivity index (χ4v) is 2.78. The standard InChI is InChI=1S/C15H23N3O/c1-2-15(19)14-6-5-13(11-16-14)18-9-7-17(8-10-18)12-3-4-12/h5-6,11-12,15,19H,2-4,7-10H2,1H3/t15-/m0/s1. The molecule has 4 heteroatoms. The number of pyridine rings is 1. The zero-order valence-electron chi connectivity index (χ0n) is 11.6. The van der Waals surface area contributed by atoms with E-state index in [1.54, 1.807) is 0 Å². The number of aliphatic hydroxyl groups excluding tert-OH is 1. The van der Waals surface area contributed by atoms with Crippen molar-refractivity contribution in [1.29, 1.82) is 0 Å². The van der Waals surface area contributed by atoms with E-state index in [0.717, 1.165) is 24.8 Å². The van der Waals surface area contributed by atoms with Crippen LogP contribution in [-0.2, 0) is 0 Å². The molecule has 0 radical (unpaired) electrons. The van der Waals surface area contributed by atoms with Crippen molar-refractivity contribution >= 4 is 5.69 Å². The summed E-state index contributed by atoms with van der Waals surface area (Å²) in [6, 6.07) is 4.92. The second-order valence-corrected chi connectivity index (χ2v) is 5.62. The normalized spacial score (nSPS) is 22.5. The van der Waals surface area contributed by atoms with Crippen LogP contribution in [-0.4, -0.2) is 47.2 Å². The molecule has 0 aromatic carbocycles. The summed E-state index contributed by atoms with van der Waals surface area (Å²) in [6.07, 6.45) is 4.98. The van der Waals surface area contributed by atoms with Gasteiger partial charge in [0.05, 0.1) is 23.7 Å². The molecule has 2 heterocycles. The number of anilines is 1. The van der Waals surface area contributed by atoms with Gasteiger partial charge < -0.3 is 10.0 Å². The third-order valence-corrected chi connectivity index (χ3v) is 4.24. The van der Waals surface area contributed by atoms with Crippen molar-refractivity contribution in [2.45, 2.75) is 38.3 Å². The van der Waals surface area contributed by atoms with Gasteiger partial charge in [-0.05, 0) is 31.4 Å². The smallest absolute Gasteiger partial charge is 0.0957 e. The van der Waals surface area contributed by atoms with Crippen LogP contribution in [0.15, 0.2) is 18.3 Å². The van der Waals surface area contributed by atoms with Crippen molar-refractivity contribution in [3.8, 4) is 0 Å². The van der Waals surface area contributed by atoms with Crippen molar-refractivity contribution in [1.82, 2.24) is 9.88 Å². The molecule has 2 fully saturated rings. The summed E-state index contributed by atoms with van der Waals surface area (Å²) < 4.78 is 0. The topological polar surface area (TPSA) is 39.6 Å². The fraction of sp³-hybridized carbons (Fsp3) is 0.667. The molecule has 0 unspecified atom stereocenters. The Morgan fingerprint density at radius 1 is 1.26 bits per heavy atom. The Bertz CT molecular complexity index is 408. The molecular weight excluding hydrogens is 238 g/mol. The van der Waals surface area contributed by atoms with Crippen molar-refractivity contribution in [2.24, 2.45) is 0 Å². The van der Waals surface area contributed by atoms with Crippen molar-refractivity contribution < 1.29 is 5.11 Å². The molecule has 1 aliphatic heterocycles. The molecule has 0 bridgehead atoms. The van der Waals surface area contributed by atoms with Crippen LogP contribution < -0.4 is 4.90 Å². The Kier molecular flexibility index (Phi) is 3.71. The van der Waals surface area contributed by atoms with E-state index >= 15 is 0 Å². The van der Waals surface area contributed by atoms with E-state index in [0.29, 0.717) is 6.42 Å². The predicted molar refractivity (Wildman–Crippen MR) is 76.3 cm³/mol. The molecule has 2 aliphatic rings. The third kappa shape index (κ3) is 2.90. The number of piperazine rings is 1. The molecule has 0 amide bonds. The largest absolute Gasteiger partial charge is 0.387 e. The van der Waals surface area contributed by atoms with Gasteiger partial charge >= 0.3 is 0 Å². The number of hydrogen-bond donors (Lipinski definition) is 1. The van der Waals surface area contributed by atoms with E-state index in [1.165, 1.54) is 31.6 Å². The second-order valence-electron chi connectivity index (χ2n) is 5.62. The molecule has 1 saturated heterocycles. The molecule has 1 atom stereocenters. The van der Waals surface area contributed by atoms with Gasteiger partial charge in [0, 0.05) is 32.2 Å². The molecule has 1 saturated carbocycles. The molecule has 1 aliphatic carbocycles. The lowest BCUT2D eigenvalue weighted by atomic mass is 10.2. The lowest BCUT2D eigenvalue weighted by Gasteiger charge is -2.36. The highest BCUT2D eigenvalue weighted by Gasteiger charge is 2.31. The van der Waals surface area contributed by atoms with Crippen molar-refractivity contribution in [2.75, 3.05) is 31.1 Å². The first-order valence-corrected chi connectivity index (χ1v) is 7.41. The quantitative estimate of drug-likeness (QED) is 0.897. The Labute approximate surface area is 115 Å². The highest BCUT2D eigenvalue weighted by molar-refractivity contribution is 5.45. The minimum Gasteiger partial charge on any atom is -0.387 e. The maximum atomic E-state index is 9.75. The molecule has 1 aromatic heterocycles. The summed E-state index contributed by atoms with van der Waals surface area (Å²) in [5.74, 6) is 0. The van der Waals surface area contributed by atoms with Gasteiger partial charge in [-0.25, -0.2) is 0 Å². The summed E-state index contributed by atoms with van der Waals surface area (Å²) in [5.41, 5.74) is 1.96. The summed E-state index contributed by atoms with van der Waals surface area (Å²) in [6.45, 7) is 6.49. The van der Waals surface area contributed by atoms with E-state index in [4.69, 9.17) is 0 Å². The minimum atomic E-state index is -0.430. The molecule has 104 valence electrons. The molecule has 1 aromatic rings. The Hall–Kier alpha value is -1.13. The maximum absolute atomic E-state index is 9.75. The Morgan fingerprint density at radius 2 is 2.00 bits per heavy atom. The van der Waals surface area contributed by atoms with Crippen LogP contribution in [0.3, 0.4) is 0 Å². The van der Waals surface area contributed by atoms with E-state index in [2.05, 4.69) is 20.9 Å². The first kappa shape index (κ1) is 12.9. The summed E-state index contributed by atoms with van der Waals surface area (Å²) >= 11 is 0. The van der Waals surface area contributed by atoms with Gasteiger partial charge in [0.1, 0.15) is 0 Å². The van der Waals surface area contributed by atoms with E-state index < -0.39 is 6.10 Å². The number of aliphatic hydroxyl groups is 1. The number of hydrogen-bond acceptors (Lipinski definition) is 4. The minimum absolute atomic E-state index is 0.430. The van der Waals surface area contributed by atoms with Crippen LogP contribution in [0.25, 0.3) is 0 Å². The van der Waals surface area contributed by atoms with E-state index in [-0.39, 0.29) is 0 Å². The molecule has 3 rings (SSSR count). The average Bonchev–Trinajstić information content (AvgIpc) is 3.31. The number of nitrogens with zero attached hydrogens (tertiary/aromatic N) is 3. The van der Waals surface area contributed by atoms with Crippen LogP contribution in [0.4, 0.5) is 5.69 Å². The first-order valence-electron chi connectivity index (χ1n) is 7.41. The monoisotopic (exact) mass is 261 g/mol. The molecule has 0 spiro atoms. The lowest BCUT2D eigenvalue weighted by molar-refractivity contribution is 0.169. The summed E-state index contributed by atoms with van der Waals surface area (Å²) in [7, 11) is 0. The predicted octanol–water partition coefficient (Wildman–Crippen LogP) is 1.81. The van der Waals surface area contributed by atoms with Gasteiger partial charge in [0.2, 0.25) is 0 Å². The van der Waals surface area contributed by atoms with E-state index in [9.17, 15) is 5.11 Å². The summed E-state index contributed by atoms with van der Waals surface area (Å²) in [4.78, 5) is 9.39. The SMILES string of the molecule is CC[C@H](O)c1ccc(N2CCN(C3CC3)CC2)cn1. The van der Waals surface area contributed by atoms with Gasteiger partial charge in [-0.3, -0.25) is 9.88 Å². The number of rotatable bonds is 4. The fourth-order valence-electron chi connectivity index (χ4n) is 2.78. The molecule has 19 heavy (non-hydrogen) atoms. The summed E-state index contributed by atoms with van der Waals surface area (Å²) in [5, 5.41) is 9.75. The maximum Gasteiger partial charge on any atom is 0.0957 e. The molecule has 1 N–H and O–H groups in total. The average molecular weight is 261 g/mol. The van der Waals surface area contributed by atoms with Gasteiger partial charge in [0.25, 0.3) is 0 Å². The lowest BCUT2D eigenvalue weighted by Crippen LogP contribution is -2.47. The zero-order valence-corrected chi connectivity index (χ0v) is 11.6. The number of aromatic nitrogens is 1. The molecular formula is C15H23N3O. The van der Waals surface area contributed by atoms with Gasteiger partial charge in [-0.2, -0.15) is 0 Å². The van der Waals surface area contributed by atoms with E-state index in [1.807, 2.05) is 19.2 Å². The van der Waals surface area contributed by atoms with Crippen LogP contribution in [0.1, 0.15) is 38.0 Å². The van der Waals surface area contributed by atoms with Crippen molar-refractivity contribution in [3.63, 3.8) is 0 Å². The van der Waals surface area contributed by atoms with Crippen LogP contribution >= 0.6 is 0 Å². The van der Waals surface area contributed by atoms with Gasteiger partial charge in [-0.15, -0.1) is 0 Å². The Balaban J connectivity index is 1.60. The zero-order chi connectivity index (χ0) is 13.2. The van der Waals surface area contributed by atoms with Crippen LogP contribution in [0.5, 0.6) is 0 Å². The second kappa shape index (κ2) is 5.47. The third-order valence-electron chi connectivity index (χ3n) is 4.24. The molecule has 4 nitrogen and oxygen atoms in total. The van der Waals surface area contributed by atoms with Gasteiger partial charge in [-0.1, -0.05) is 6.92 Å². The van der Waals surface area contributed by atoms with Gasteiger partial charge in [0.15, 0.2) is 0 Å². The Morgan fingerprint density at radius 3 is 2.53 bits per heavy atom. The van der Waals surface area contributed by atoms with Crippen molar-refractivity contribution in [3.05, 3.63) is 24.0 Å².